The number of carbonyl (C=O) groups is 5. The third-order valence-electron chi connectivity index (χ3n) is 17.7. The highest BCUT2D eigenvalue weighted by atomic mass is 79.9. The number of anilines is 2. The van der Waals surface area contributed by atoms with Crippen LogP contribution in [0.25, 0.3) is 5.57 Å². The van der Waals surface area contributed by atoms with E-state index in [1.54, 1.807) is 24.3 Å². The number of piperidine rings is 1. The van der Waals surface area contributed by atoms with Crippen molar-refractivity contribution in [2.75, 3.05) is 68.3 Å². The van der Waals surface area contributed by atoms with Crippen LogP contribution in [0.15, 0.2) is 134 Å². The van der Waals surface area contributed by atoms with Gasteiger partial charge in [-0.05, 0) is 162 Å². The summed E-state index contributed by atoms with van der Waals surface area (Å²) in [6.07, 6.45) is 5.20. The van der Waals surface area contributed by atoms with Gasteiger partial charge in [0.2, 0.25) is 11.8 Å². The van der Waals surface area contributed by atoms with E-state index in [0.717, 1.165) is 84.9 Å². The third-order valence-corrected chi connectivity index (χ3v) is 22.6. The van der Waals surface area contributed by atoms with Crippen LogP contribution in [-0.4, -0.2) is 154 Å². The number of allylic oxidation sites excluding steroid dienone is 1. The number of likely N-dealkylation sites (tertiary alicyclic amines) is 1. The number of piperazine rings is 2. The fraction of sp³-hybridized carbons (Fsp3) is 0.413. The molecular weight excluding hydrogens is 1280 g/mol. The van der Waals surface area contributed by atoms with Crippen LogP contribution < -0.4 is 20.3 Å². The van der Waals surface area contributed by atoms with Crippen molar-refractivity contribution < 1.29 is 54.0 Å². The van der Waals surface area contributed by atoms with Gasteiger partial charge in [0.05, 0.1) is 21.7 Å². The minimum atomic E-state index is -6.17. The quantitative estimate of drug-likeness (QED) is 0.0520. The van der Waals surface area contributed by atoms with Gasteiger partial charge < -0.3 is 15.1 Å². The highest BCUT2D eigenvalue weighted by Gasteiger charge is 2.50. The van der Waals surface area contributed by atoms with E-state index in [1.807, 2.05) is 47.2 Å². The molecule has 5 aromatic carbocycles. The summed E-state index contributed by atoms with van der Waals surface area (Å²) in [5.74, 6) is -3.16. The zero-order valence-electron chi connectivity index (χ0n) is 48.5. The predicted molar refractivity (Wildman–Crippen MR) is 334 cm³/mol. The molecule has 5 aromatic rings. The molecule has 5 amide bonds. The van der Waals surface area contributed by atoms with Crippen molar-refractivity contribution in [2.24, 2.45) is 5.41 Å². The molecule has 25 heteroatoms. The topological polar surface area (TPSA) is 206 Å². The maximum Gasteiger partial charge on any atom is 0.501 e. The minimum absolute atomic E-state index is 0.00158. The summed E-state index contributed by atoms with van der Waals surface area (Å²) in [5, 5.41) is 5.97. The molecule has 1 aliphatic carbocycles. The van der Waals surface area contributed by atoms with Crippen molar-refractivity contribution in [3.63, 3.8) is 0 Å². The first kappa shape index (κ1) is 63.4. The zero-order chi connectivity index (χ0) is 62.5. The third kappa shape index (κ3) is 13.8. The number of carbonyl (C=O) groups excluding carboxylic acids is 5. The van der Waals surface area contributed by atoms with E-state index in [-0.39, 0.29) is 52.8 Å². The highest BCUT2D eigenvalue weighted by molar-refractivity contribution is 9.10. The monoisotopic (exact) mass is 1350 g/mol. The lowest BCUT2D eigenvalue weighted by atomic mass is 9.73. The van der Waals surface area contributed by atoms with E-state index in [0.29, 0.717) is 61.3 Å². The minimum Gasteiger partial charge on any atom is -0.380 e. The van der Waals surface area contributed by atoms with Crippen molar-refractivity contribution in [3.8, 4) is 0 Å². The molecule has 5 aliphatic heterocycles. The number of alkyl halides is 3. The number of fused-ring (bicyclic) bond motifs is 3. The van der Waals surface area contributed by atoms with E-state index in [4.69, 9.17) is 11.6 Å². The number of benzene rings is 5. The Balaban J connectivity index is 0.740. The SMILES string of the molecule is CC1(C)CCC(c2ccc(Cl)cc2)=C(CN2CCN(c3ccc(C(=O)NS(=O)(=O)c4ccc(N[C@H](CCN5CC6CCC(C5)N6Cc5cc(Br)c6c(c5)C(=O)N(C5CCC(=O)NC5=O)C6=O)CSc5ccccc5)c(S(=O)(=O)C(F)(F)F)c4)cc3)CC2)C1. The number of imide groups is 2. The zero-order valence-corrected chi connectivity index (χ0v) is 53.2. The maximum atomic E-state index is 14.6. The molecule has 5 heterocycles. The predicted octanol–water partition coefficient (Wildman–Crippen LogP) is 10.0. The Hall–Kier alpha value is -6.12. The van der Waals surface area contributed by atoms with E-state index in [9.17, 15) is 54.0 Å². The maximum absolute atomic E-state index is 14.6. The smallest absolute Gasteiger partial charge is 0.380 e. The first-order chi connectivity index (χ1) is 41.8. The number of hydrogen-bond donors (Lipinski definition) is 3. The van der Waals surface area contributed by atoms with Gasteiger partial charge in [0.15, 0.2) is 0 Å². The van der Waals surface area contributed by atoms with E-state index in [1.165, 1.54) is 40.6 Å². The molecule has 0 saturated carbocycles. The molecule has 4 fully saturated rings. The number of hydrogen-bond acceptors (Lipinski definition) is 15. The van der Waals surface area contributed by atoms with Crippen LogP contribution in [0.4, 0.5) is 24.5 Å². The lowest BCUT2D eigenvalue weighted by Gasteiger charge is -2.41. The molecule has 6 aliphatic rings. The second-order valence-corrected chi connectivity index (χ2v) is 30.3. The van der Waals surface area contributed by atoms with Crippen molar-refractivity contribution in [2.45, 2.75) is 116 Å². The molecule has 3 N–H and O–H groups in total. The van der Waals surface area contributed by atoms with Gasteiger partial charge in [-0.2, -0.15) is 13.2 Å². The molecule has 2 bridgehead atoms. The summed E-state index contributed by atoms with van der Waals surface area (Å²) in [6, 6.07) is 28.0. The average Bonchev–Trinajstić information content (AvgIpc) is 1.81. The average molecular weight is 1350 g/mol. The largest absolute Gasteiger partial charge is 0.501 e. The van der Waals surface area contributed by atoms with Gasteiger partial charge in [-0.25, -0.2) is 21.6 Å². The van der Waals surface area contributed by atoms with Crippen LogP contribution in [0.2, 0.25) is 5.02 Å². The Labute approximate surface area is 527 Å². The Morgan fingerprint density at radius 1 is 0.818 bits per heavy atom. The van der Waals surface area contributed by atoms with Gasteiger partial charge >= 0.3 is 5.51 Å². The van der Waals surface area contributed by atoms with Crippen LogP contribution in [0.5, 0.6) is 0 Å². The molecule has 466 valence electrons. The summed E-state index contributed by atoms with van der Waals surface area (Å²) < 4.78 is 101. The van der Waals surface area contributed by atoms with Crippen LogP contribution in [-0.2, 0) is 36.0 Å². The standard InChI is InChI=1S/C63H67BrClF3N8O9S3/c1-62(2)24-22-50(40-8-12-43(65)13-9-40)42(33-62)35-72-26-28-74(29-27-72)45-14-10-41(11-15-45)58(78)71-88(84,85)49-18-19-53(55(32-49)87(82,83)63(66,67)68)69-44(38-86-48-6-4-3-5-7-48)23-25-73-36-46-16-17-47(37-73)75(46)34-39-30-51-57(52(64)31-39)61(81)76(60(51)80)54-20-21-56(77)70-59(54)79/h3-15,18-19,30-32,44,46-47,54,69H,16-17,20-29,33-38H2,1-2H3,(H,71,78)(H,70,77,79)/t44-,46?,47?,54?/m1/s1. The molecule has 88 heavy (non-hydrogen) atoms. The molecule has 4 saturated heterocycles. The summed E-state index contributed by atoms with van der Waals surface area (Å²) in [7, 11) is -11.1. The van der Waals surface area contributed by atoms with Crippen molar-refractivity contribution in [1.29, 1.82) is 0 Å². The van der Waals surface area contributed by atoms with Crippen LogP contribution in [0, 0.1) is 5.41 Å². The molecule has 4 atom stereocenters. The van der Waals surface area contributed by atoms with Crippen LogP contribution >= 0.6 is 39.3 Å². The van der Waals surface area contributed by atoms with Crippen molar-refractivity contribution >= 4 is 106 Å². The Bertz CT molecular complexity index is 3800. The molecule has 0 spiro atoms. The fourth-order valence-electron chi connectivity index (χ4n) is 13.1. The number of nitrogens with zero attached hydrogens (tertiary/aromatic N) is 5. The second-order valence-electron chi connectivity index (χ2n) is 24.3. The number of nitrogens with one attached hydrogen (secondary N) is 3. The van der Waals surface area contributed by atoms with Gasteiger partial charge in [-0.15, -0.1) is 11.8 Å². The number of halogens is 5. The van der Waals surface area contributed by atoms with Gasteiger partial charge in [0.25, 0.3) is 37.6 Å². The summed E-state index contributed by atoms with van der Waals surface area (Å²) in [6.45, 7) is 10.6. The number of rotatable bonds is 19. The lowest BCUT2D eigenvalue weighted by molar-refractivity contribution is -0.136. The van der Waals surface area contributed by atoms with Crippen molar-refractivity contribution in [1.82, 2.24) is 29.6 Å². The number of amides is 5. The molecular formula is C63H67BrClF3N8O9S3. The molecule has 0 radical (unpaired) electrons. The Morgan fingerprint density at radius 2 is 1.51 bits per heavy atom. The van der Waals surface area contributed by atoms with E-state index in [2.05, 4.69) is 72.1 Å². The Kier molecular flexibility index (Phi) is 18.5. The summed E-state index contributed by atoms with van der Waals surface area (Å²) in [5.41, 5.74) is -0.186. The van der Waals surface area contributed by atoms with Gasteiger partial charge in [-0.1, -0.05) is 61.4 Å². The van der Waals surface area contributed by atoms with E-state index >= 15 is 0 Å². The van der Waals surface area contributed by atoms with Crippen LogP contribution in [0.3, 0.4) is 0 Å². The lowest BCUT2D eigenvalue weighted by Crippen LogP contribution is -2.54. The first-order valence-electron chi connectivity index (χ1n) is 29.3. The summed E-state index contributed by atoms with van der Waals surface area (Å²) in [4.78, 5) is 74.2. The Morgan fingerprint density at radius 3 is 2.18 bits per heavy atom. The summed E-state index contributed by atoms with van der Waals surface area (Å²) >= 11 is 11.1. The van der Waals surface area contributed by atoms with Gasteiger partial charge in [-0.3, -0.25) is 44.0 Å². The normalized spacial score (nSPS) is 21.6. The van der Waals surface area contributed by atoms with Gasteiger partial charge in [0.1, 0.15) is 10.9 Å². The second kappa shape index (κ2) is 25.6. The fourth-order valence-corrected chi connectivity index (χ4v) is 16.9. The highest BCUT2D eigenvalue weighted by Crippen LogP contribution is 2.44. The molecule has 3 unspecified atom stereocenters. The number of sulfone groups is 1. The first-order valence-corrected chi connectivity index (χ1v) is 34.5. The molecule has 0 aromatic heterocycles. The number of sulfonamides is 1. The molecule has 17 nitrogen and oxygen atoms in total. The number of thioether (sulfide) groups is 1. The van der Waals surface area contributed by atoms with Crippen LogP contribution in [0.1, 0.15) is 107 Å². The molecule has 11 rings (SSSR count). The van der Waals surface area contributed by atoms with Gasteiger partial charge in [0, 0.05) is 115 Å². The van der Waals surface area contributed by atoms with Crippen molar-refractivity contribution in [3.05, 3.63) is 152 Å². The van der Waals surface area contributed by atoms with E-state index < -0.39 is 82.5 Å².